The largest absolute Gasteiger partial charge is 0.744 e. The quantitative estimate of drug-likeness (QED) is 0.152. The monoisotopic (exact) mass is 639 g/mol. The van der Waals surface area contributed by atoms with Crippen LogP contribution < -0.4 is 14.8 Å². The third-order valence-corrected chi connectivity index (χ3v) is 11.1. The summed E-state index contributed by atoms with van der Waals surface area (Å²) in [6.45, 7) is 11.3. The lowest BCUT2D eigenvalue weighted by atomic mass is 9.93. The van der Waals surface area contributed by atoms with Gasteiger partial charge in [0.05, 0.1) is 15.9 Å². The minimum Gasteiger partial charge on any atom is -0.744 e. The van der Waals surface area contributed by atoms with Gasteiger partial charge in [0, 0.05) is 78.9 Å². The van der Waals surface area contributed by atoms with Crippen molar-refractivity contribution in [1.29, 1.82) is 0 Å². The van der Waals surface area contributed by atoms with Crippen molar-refractivity contribution in [2.24, 2.45) is 0 Å². The van der Waals surface area contributed by atoms with E-state index in [9.17, 15) is 26.2 Å². The summed E-state index contributed by atoms with van der Waals surface area (Å²) in [6.07, 6.45) is 0.168. The highest BCUT2D eigenvalue weighted by Crippen LogP contribution is 2.43. The van der Waals surface area contributed by atoms with Gasteiger partial charge in [-0.3, -0.25) is 4.79 Å². The molecular weight excluding hydrogens is 603 g/mol. The Labute approximate surface area is 258 Å². The third-order valence-electron chi connectivity index (χ3n) is 8.36. The number of benzene rings is 3. The second-order valence-corrected chi connectivity index (χ2v) is 14.0. The van der Waals surface area contributed by atoms with Crippen LogP contribution in [0, 0.1) is 0 Å². The minimum atomic E-state index is -5.13. The zero-order valence-corrected chi connectivity index (χ0v) is 27.0. The summed E-state index contributed by atoms with van der Waals surface area (Å²) in [5, 5.41) is 1.51. The molecule has 1 aliphatic carbocycles. The van der Waals surface area contributed by atoms with Crippen molar-refractivity contribution in [2.75, 3.05) is 44.2 Å². The van der Waals surface area contributed by atoms with Crippen molar-refractivity contribution < 1.29 is 30.6 Å². The molecular formula is C32H37N3O7S2. The van der Waals surface area contributed by atoms with E-state index < -0.39 is 25.0 Å². The standard InChI is InChI=1S/C32H37N3O7S2/c1-5-33(6-2)22-9-12-26-29(19-22)42-30-20-23(34(7-3)8-4)10-13-27(30)32(26)28-14-11-25(21-31(28)44(39,40)41)43(37,38)35-17-15-24(36)16-18-35/h9-14,19-21H,5-8,15-18H2,1-4H3. The van der Waals surface area contributed by atoms with Gasteiger partial charge in [-0.15, -0.1) is 0 Å². The first-order valence-electron chi connectivity index (χ1n) is 14.9. The maximum absolute atomic E-state index is 13.5. The van der Waals surface area contributed by atoms with Gasteiger partial charge in [-0.1, -0.05) is 6.07 Å². The lowest BCUT2D eigenvalue weighted by Gasteiger charge is -2.26. The number of fused-ring (bicyclic) bond motifs is 2. The van der Waals surface area contributed by atoms with Crippen LogP contribution in [0.4, 0.5) is 5.69 Å². The van der Waals surface area contributed by atoms with Gasteiger partial charge in [-0.2, -0.15) is 4.31 Å². The molecule has 0 radical (unpaired) electrons. The van der Waals surface area contributed by atoms with Crippen molar-refractivity contribution in [1.82, 2.24) is 8.88 Å². The smallest absolute Gasteiger partial charge is 0.243 e. The molecule has 3 aliphatic rings. The maximum atomic E-state index is 13.5. The van der Waals surface area contributed by atoms with Gasteiger partial charge >= 0.3 is 0 Å². The predicted octanol–water partition coefficient (Wildman–Crippen LogP) is 4.12. The van der Waals surface area contributed by atoms with E-state index in [0.29, 0.717) is 27.9 Å². The van der Waals surface area contributed by atoms with Crippen LogP contribution >= 0.6 is 0 Å². The predicted molar refractivity (Wildman–Crippen MR) is 169 cm³/mol. The van der Waals surface area contributed by atoms with Gasteiger partial charge in [0.15, 0.2) is 0 Å². The molecule has 0 spiro atoms. The SMILES string of the molecule is CCN(CC)c1ccc2c(-c3ccc(S(=O)(=O)N4CCC(=O)CC4)cc3S(=O)(=O)[O-])c3ccc(=[N+](CC)CC)cc-3oc2c1. The maximum Gasteiger partial charge on any atom is 0.243 e. The number of carbonyl (C=O) groups excluding carboxylic acids is 1. The highest BCUT2D eigenvalue weighted by Gasteiger charge is 2.30. The Morgan fingerprint density at radius 2 is 1.52 bits per heavy atom. The van der Waals surface area contributed by atoms with E-state index in [4.69, 9.17) is 4.42 Å². The van der Waals surface area contributed by atoms with Crippen molar-refractivity contribution in [3.63, 3.8) is 0 Å². The molecule has 0 saturated carbocycles. The van der Waals surface area contributed by atoms with Gasteiger partial charge < -0.3 is 13.9 Å². The van der Waals surface area contributed by atoms with E-state index in [1.165, 1.54) is 12.1 Å². The van der Waals surface area contributed by atoms with Crippen LogP contribution in [0.1, 0.15) is 40.5 Å². The van der Waals surface area contributed by atoms with Crippen LogP contribution in [0.5, 0.6) is 0 Å². The summed E-state index contributed by atoms with van der Waals surface area (Å²) in [7, 11) is -9.28. The minimum absolute atomic E-state index is 0.00157. The highest BCUT2D eigenvalue weighted by molar-refractivity contribution is 7.89. The van der Waals surface area contributed by atoms with Crippen LogP contribution in [0.3, 0.4) is 0 Å². The fourth-order valence-electron chi connectivity index (χ4n) is 5.93. The van der Waals surface area contributed by atoms with Crippen molar-refractivity contribution in [3.8, 4) is 22.5 Å². The first-order chi connectivity index (χ1) is 20.9. The van der Waals surface area contributed by atoms with E-state index in [0.717, 1.165) is 47.6 Å². The number of hydrogen-bond acceptors (Lipinski definition) is 8. The summed E-state index contributed by atoms with van der Waals surface area (Å²) in [6, 6.07) is 15.0. The molecule has 0 aromatic heterocycles. The van der Waals surface area contributed by atoms with Crippen LogP contribution in [-0.2, 0) is 24.9 Å². The molecule has 5 rings (SSSR count). The van der Waals surface area contributed by atoms with Crippen molar-refractivity contribution in [3.05, 3.63) is 60.0 Å². The third kappa shape index (κ3) is 5.91. The Morgan fingerprint density at radius 3 is 2.14 bits per heavy atom. The number of carbonyl (C=O) groups is 1. The van der Waals surface area contributed by atoms with E-state index in [-0.39, 0.29) is 42.2 Å². The Hall–Kier alpha value is -3.58. The fourth-order valence-corrected chi connectivity index (χ4v) is 8.18. The number of hydrogen-bond donors (Lipinski definition) is 0. The molecule has 0 atom stereocenters. The van der Waals surface area contributed by atoms with Gasteiger partial charge in [0.2, 0.25) is 15.4 Å². The van der Waals surface area contributed by atoms with Gasteiger partial charge in [0.1, 0.15) is 40.3 Å². The van der Waals surface area contributed by atoms with E-state index in [1.54, 1.807) is 0 Å². The van der Waals surface area contributed by atoms with Crippen LogP contribution in [0.15, 0.2) is 68.8 Å². The molecule has 0 N–H and O–H groups in total. The Balaban J connectivity index is 1.82. The number of Topliss-reactive ketones (excluding diaryl/α,β-unsaturated/α-hetero) is 1. The molecule has 234 valence electrons. The molecule has 12 heteroatoms. The Morgan fingerprint density at radius 1 is 0.864 bits per heavy atom. The van der Waals surface area contributed by atoms with Crippen molar-refractivity contribution in [2.45, 2.75) is 50.3 Å². The molecule has 1 saturated heterocycles. The highest BCUT2D eigenvalue weighted by atomic mass is 32.2. The summed E-state index contributed by atoms with van der Waals surface area (Å²) >= 11 is 0. The van der Waals surface area contributed by atoms with E-state index >= 15 is 0 Å². The first kappa shape index (κ1) is 31.8. The topological polar surface area (TPSA) is 131 Å². The molecule has 2 heterocycles. The second-order valence-electron chi connectivity index (χ2n) is 10.7. The van der Waals surface area contributed by atoms with E-state index in [1.807, 2.05) is 36.4 Å². The summed E-state index contributed by atoms with van der Waals surface area (Å²) < 4.78 is 75.1. The van der Waals surface area contributed by atoms with Gasteiger partial charge in [-0.25, -0.2) is 21.4 Å². The zero-order valence-electron chi connectivity index (χ0n) is 25.4. The van der Waals surface area contributed by atoms with Crippen LogP contribution in [0.25, 0.3) is 33.4 Å². The normalized spacial score (nSPS) is 14.8. The number of nitrogens with zero attached hydrogens (tertiary/aromatic N) is 3. The number of piperidine rings is 1. The average molecular weight is 640 g/mol. The molecule has 2 aliphatic heterocycles. The number of ketones is 1. The molecule has 10 nitrogen and oxygen atoms in total. The second kappa shape index (κ2) is 12.4. The van der Waals surface area contributed by atoms with Gasteiger partial charge in [-0.05, 0) is 58.0 Å². The van der Waals surface area contributed by atoms with E-state index in [2.05, 4.69) is 37.2 Å². The molecule has 0 amide bonds. The van der Waals surface area contributed by atoms with Gasteiger partial charge in [0.25, 0.3) is 0 Å². The Bertz CT molecular complexity index is 1980. The zero-order chi connectivity index (χ0) is 31.8. The molecule has 44 heavy (non-hydrogen) atoms. The first-order valence-corrected chi connectivity index (χ1v) is 17.7. The van der Waals surface area contributed by atoms with Crippen molar-refractivity contribution >= 4 is 42.6 Å². The molecule has 2 aromatic rings. The summed E-state index contributed by atoms with van der Waals surface area (Å²) in [5.41, 5.74) is 2.55. The lowest BCUT2D eigenvalue weighted by molar-refractivity contribution is -0.120. The van der Waals surface area contributed by atoms with Crippen LogP contribution in [-0.4, -0.2) is 70.7 Å². The number of rotatable bonds is 9. The molecule has 2 aromatic carbocycles. The summed E-state index contributed by atoms with van der Waals surface area (Å²) in [5.74, 6) is 0.466. The number of sulfonamides is 1. The number of anilines is 1. The molecule has 0 unspecified atom stereocenters. The molecule has 1 fully saturated rings. The summed E-state index contributed by atoms with van der Waals surface area (Å²) in [4.78, 5) is 12.9. The lowest BCUT2D eigenvalue weighted by Crippen LogP contribution is -2.38. The van der Waals surface area contributed by atoms with Crippen LogP contribution in [0.2, 0.25) is 0 Å². The fraction of sp³-hybridized carbons (Fsp3) is 0.375. The average Bonchev–Trinajstić information content (AvgIpc) is 3.00. The molecule has 0 bridgehead atoms. The Kier molecular flexibility index (Phi) is 8.99.